The van der Waals surface area contributed by atoms with Crippen LogP contribution in [0.4, 0.5) is 0 Å². The number of aromatic nitrogens is 1. The molecular weight excluding hydrogens is 354 g/mol. The van der Waals surface area contributed by atoms with Gasteiger partial charge >= 0.3 is 5.97 Å². The fraction of sp³-hybridized carbons (Fsp3) is 0.333. The summed E-state index contributed by atoms with van der Waals surface area (Å²) in [5.74, 6) is 1.32. The van der Waals surface area contributed by atoms with E-state index in [4.69, 9.17) is 18.7 Å². The molecule has 1 aliphatic rings. The number of ether oxygens (including phenoxy) is 3. The monoisotopic (exact) mass is 367 g/mol. The highest BCUT2D eigenvalue weighted by Gasteiger charge is 2.20. The zero-order valence-electron chi connectivity index (χ0n) is 12.1. The van der Waals surface area contributed by atoms with Crippen LogP contribution in [0, 0.1) is 13.8 Å². The summed E-state index contributed by atoms with van der Waals surface area (Å²) in [6.07, 6.45) is 0. The van der Waals surface area contributed by atoms with Crippen LogP contribution < -0.4 is 9.47 Å². The van der Waals surface area contributed by atoms with E-state index in [0.29, 0.717) is 41.7 Å². The van der Waals surface area contributed by atoms with Crippen molar-refractivity contribution in [2.75, 3.05) is 13.2 Å². The first-order chi connectivity index (χ1) is 10.6. The second-order valence-electron chi connectivity index (χ2n) is 4.86. The molecular formula is C15H14BrNO5. The Labute approximate surface area is 135 Å². The van der Waals surface area contributed by atoms with Crippen LogP contribution in [-0.2, 0) is 11.3 Å². The lowest BCUT2D eigenvalue weighted by molar-refractivity contribution is 0.0468. The molecule has 1 aromatic heterocycles. The van der Waals surface area contributed by atoms with Gasteiger partial charge in [-0.3, -0.25) is 0 Å². The predicted molar refractivity (Wildman–Crippen MR) is 80.2 cm³/mol. The van der Waals surface area contributed by atoms with E-state index in [2.05, 4.69) is 21.1 Å². The Morgan fingerprint density at radius 3 is 2.59 bits per heavy atom. The molecule has 2 heterocycles. The molecule has 0 aliphatic carbocycles. The van der Waals surface area contributed by atoms with Crippen LogP contribution in [-0.4, -0.2) is 24.3 Å². The lowest BCUT2D eigenvalue weighted by Gasteiger charge is -2.19. The normalized spacial score (nSPS) is 13.0. The third-order valence-electron chi connectivity index (χ3n) is 3.31. The molecule has 1 aromatic carbocycles. The third-order valence-corrected chi connectivity index (χ3v) is 4.05. The molecule has 1 aliphatic heterocycles. The molecule has 6 nitrogen and oxygen atoms in total. The molecule has 7 heteroatoms. The summed E-state index contributed by atoms with van der Waals surface area (Å²) in [4.78, 5) is 12.1. The number of benzene rings is 1. The second-order valence-corrected chi connectivity index (χ2v) is 5.72. The first kappa shape index (κ1) is 14.9. The zero-order chi connectivity index (χ0) is 15.7. The van der Waals surface area contributed by atoms with Crippen LogP contribution >= 0.6 is 15.9 Å². The number of rotatable bonds is 3. The topological polar surface area (TPSA) is 70.8 Å². The summed E-state index contributed by atoms with van der Waals surface area (Å²) in [6, 6.07) is 3.62. The number of esters is 1. The van der Waals surface area contributed by atoms with Crippen molar-refractivity contribution in [3.05, 3.63) is 39.2 Å². The standard InChI is InChI=1S/C15H14BrNO5/c1-8-14(9(2)22-17-8)15(18)21-7-10-5-12-13(6-11(10)16)20-4-3-19-12/h5-6H,3-4,7H2,1-2H3. The van der Waals surface area contributed by atoms with Crippen molar-refractivity contribution in [1.29, 1.82) is 0 Å². The number of fused-ring (bicyclic) bond motifs is 1. The highest BCUT2D eigenvalue weighted by Crippen LogP contribution is 2.35. The van der Waals surface area contributed by atoms with E-state index in [1.165, 1.54) is 0 Å². The molecule has 0 unspecified atom stereocenters. The van der Waals surface area contributed by atoms with Crippen LogP contribution in [0.2, 0.25) is 0 Å². The van der Waals surface area contributed by atoms with Gasteiger partial charge in [0.05, 0.1) is 5.69 Å². The lowest BCUT2D eigenvalue weighted by atomic mass is 10.2. The molecule has 0 radical (unpaired) electrons. The summed E-state index contributed by atoms with van der Waals surface area (Å²) >= 11 is 3.45. The zero-order valence-corrected chi connectivity index (χ0v) is 13.7. The largest absolute Gasteiger partial charge is 0.486 e. The van der Waals surface area contributed by atoms with Gasteiger partial charge in [-0.2, -0.15) is 0 Å². The Morgan fingerprint density at radius 2 is 1.95 bits per heavy atom. The average molecular weight is 368 g/mol. The van der Waals surface area contributed by atoms with Gasteiger partial charge in [-0.25, -0.2) is 4.79 Å². The van der Waals surface area contributed by atoms with Gasteiger partial charge < -0.3 is 18.7 Å². The number of halogens is 1. The highest BCUT2D eigenvalue weighted by molar-refractivity contribution is 9.10. The molecule has 0 atom stereocenters. The predicted octanol–water partition coefficient (Wildman–Crippen LogP) is 3.18. The van der Waals surface area contributed by atoms with Crippen LogP contribution in [0.3, 0.4) is 0 Å². The number of aryl methyl sites for hydroxylation is 2. The van der Waals surface area contributed by atoms with Gasteiger partial charge in [0, 0.05) is 10.0 Å². The molecule has 0 bridgehead atoms. The molecule has 22 heavy (non-hydrogen) atoms. The molecule has 2 aromatic rings. The summed E-state index contributed by atoms with van der Waals surface area (Å²) in [5.41, 5.74) is 1.68. The van der Waals surface area contributed by atoms with Gasteiger partial charge in [-0.15, -0.1) is 0 Å². The summed E-state index contributed by atoms with van der Waals surface area (Å²) in [7, 11) is 0. The van der Waals surface area contributed by atoms with E-state index >= 15 is 0 Å². The van der Waals surface area contributed by atoms with Crippen LogP contribution in [0.1, 0.15) is 27.4 Å². The summed E-state index contributed by atoms with van der Waals surface area (Å²) in [5, 5.41) is 3.75. The minimum atomic E-state index is -0.460. The van der Waals surface area contributed by atoms with Crippen molar-refractivity contribution in [2.24, 2.45) is 0 Å². The molecule has 0 N–H and O–H groups in total. The number of nitrogens with zero attached hydrogens (tertiary/aromatic N) is 1. The van der Waals surface area contributed by atoms with Gasteiger partial charge in [0.1, 0.15) is 31.1 Å². The Hall–Kier alpha value is -2.02. The Morgan fingerprint density at radius 1 is 1.27 bits per heavy atom. The maximum absolute atomic E-state index is 12.1. The summed E-state index contributed by atoms with van der Waals surface area (Å²) < 4.78 is 22.1. The van der Waals surface area contributed by atoms with E-state index in [1.807, 2.05) is 6.07 Å². The average Bonchev–Trinajstić information content (AvgIpc) is 2.84. The second kappa shape index (κ2) is 6.00. The molecule has 0 spiro atoms. The van der Waals surface area contributed by atoms with Gasteiger partial charge in [0.25, 0.3) is 0 Å². The van der Waals surface area contributed by atoms with Crippen LogP contribution in [0.15, 0.2) is 21.1 Å². The molecule has 0 amide bonds. The quantitative estimate of drug-likeness (QED) is 0.775. The molecule has 0 fully saturated rings. The first-order valence-corrected chi connectivity index (χ1v) is 7.53. The van der Waals surface area contributed by atoms with Crippen molar-refractivity contribution in [2.45, 2.75) is 20.5 Å². The lowest BCUT2D eigenvalue weighted by Crippen LogP contribution is -2.16. The number of hydrogen-bond donors (Lipinski definition) is 0. The van der Waals surface area contributed by atoms with Crippen molar-refractivity contribution < 1.29 is 23.5 Å². The fourth-order valence-electron chi connectivity index (χ4n) is 2.21. The molecule has 0 saturated carbocycles. The van der Waals surface area contributed by atoms with Crippen molar-refractivity contribution in [1.82, 2.24) is 5.16 Å². The minimum Gasteiger partial charge on any atom is -0.486 e. The van der Waals surface area contributed by atoms with Gasteiger partial charge in [-0.05, 0) is 26.0 Å². The fourth-order valence-corrected chi connectivity index (χ4v) is 2.64. The number of hydrogen-bond acceptors (Lipinski definition) is 6. The first-order valence-electron chi connectivity index (χ1n) is 6.74. The Balaban J connectivity index is 1.75. The van der Waals surface area contributed by atoms with E-state index in [-0.39, 0.29) is 6.61 Å². The Kier molecular flexibility index (Phi) is 4.06. The number of carbonyl (C=O) groups excluding carboxylic acids is 1. The SMILES string of the molecule is Cc1noc(C)c1C(=O)OCc1cc2c(cc1Br)OCCO2. The maximum Gasteiger partial charge on any atom is 0.344 e. The third kappa shape index (κ3) is 2.81. The van der Waals surface area contributed by atoms with Crippen molar-refractivity contribution >= 4 is 21.9 Å². The summed E-state index contributed by atoms with van der Waals surface area (Å²) in [6.45, 7) is 4.52. The smallest absolute Gasteiger partial charge is 0.344 e. The van der Waals surface area contributed by atoms with Crippen molar-refractivity contribution in [3.63, 3.8) is 0 Å². The van der Waals surface area contributed by atoms with Crippen LogP contribution in [0.5, 0.6) is 11.5 Å². The van der Waals surface area contributed by atoms with Gasteiger partial charge in [0.2, 0.25) is 0 Å². The maximum atomic E-state index is 12.1. The molecule has 0 saturated heterocycles. The van der Waals surface area contributed by atoms with Crippen molar-refractivity contribution in [3.8, 4) is 11.5 Å². The number of carbonyl (C=O) groups is 1. The highest BCUT2D eigenvalue weighted by atomic mass is 79.9. The Bertz CT molecular complexity index is 705. The molecule has 3 rings (SSSR count). The van der Waals surface area contributed by atoms with E-state index in [1.54, 1.807) is 19.9 Å². The molecule has 116 valence electrons. The van der Waals surface area contributed by atoms with Gasteiger partial charge in [-0.1, -0.05) is 21.1 Å². The van der Waals surface area contributed by atoms with Crippen LogP contribution in [0.25, 0.3) is 0 Å². The van der Waals surface area contributed by atoms with E-state index in [9.17, 15) is 4.79 Å². The van der Waals surface area contributed by atoms with E-state index < -0.39 is 5.97 Å². The van der Waals surface area contributed by atoms with E-state index in [0.717, 1.165) is 10.0 Å². The minimum absolute atomic E-state index is 0.111. The van der Waals surface area contributed by atoms with Gasteiger partial charge in [0.15, 0.2) is 11.5 Å².